The van der Waals surface area contributed by atoms with Crippen molar-refractivity contribution in [3.63, 3.8) is 0 Å². The van der Waals surface area contributed by atoms with Crippen molar-refractivity contribution in [1.82, 2.24) is 25.7 Å². The van der Waals surface area contributed by atoms with Crippen LogP contribution in [0, 0.1) is 6.92 Å². The molecule has 0 aliphatic carbocycles. The molecule has 2 aromatic heterocycles. The van der Waals surface area contributed by atoms with Crippen molar-refractivity contribution in [2.24, 2.45) is 5.73 Å². The van der Waals surface area contributed by atoms with Crippen molar-refractivity contribution in [2.45, 2.75) is 44.0 Å². The number of hydrogen-bond donors (Lipinski definition) is 7. The van der Waals surface area contributed by atoms with E-state index in [9.17, 15) is 9.59 Å². The van der Waals surface area contributed by atoms with E-state index in [4.69, 9.17) is 31.0 Å². The standard InChI is InChI=1S/C30H31N5O4.C4H11NO3/c1-21-16-23(26-7-2-3-8-27(26)32-21)19-39-25-11-9-22(10-12-25)29(37)33-30(17-28(36)34-38)13-15-35(20-30)18-24-6-4-5-14-31-24;5-4(1-6,2-7)3-8/h2-12,14,16,38H,13,15,17-20H2,1H3,(H,33,37)(H,34,36);6-8H,1-3,5H2. The van der Waals surface area contributed by atoms with E-state index in [1.807, 2.05) is 55.5 Å². The SMILES string of the molecule is Cc1cc(COc2ccc(C(=O)NC3(CC(=O)NO)CCN(Cc4ccccn4)C3)cc2)c2ccccc2n1.NC(CO)(CO)CO. The van der Waals surface area contributed by atoms with E-state index in [-0.39, 0.29) is 12.3 Å². The molecule has 1 fully saturated rings. The maximum absolute atomic E-state index is 13.2. The number of likely N-dealkylation sites (tertiary alicyclic amines) is 1. The molecule has 47 heavy (non-hydrogen) atoms. The van der Waals surface area contributed by atoms with Crippen LogP contribution in [0.1, 0.15) is 40.2 Å². The minimum Gasteiger partial charge on any atom is -0.489 e. The lowest BCUT2D eigenvalue weighted by atomic mass is 9.93. The Morgan fingerprint density at radius 1 is 1.02 bits per heavy atom. The number of fused-ring (bicyclic) bond motifs is 1. The summed E-state index contributed by atoms with van der Waals surface area (Å²) in [6.07, 6.45) is 2.28. The first-order chi connectivity index (χ1) is 22.6. The number of carbonyl (C=O) groups excluding carboxylic acids is 2. The first-order valence-corrected chi connectivity index (χ1v) is 15.2. The molecule has 0 saturated carbocycles. The Hall–Kier alpha value is -4.50. The highest BCUT2D eigenvalue weighted by molar-refractivity contribution is 5.95. The summed E-state index contributed by atoms with van der Waals surface area (Å²) in [5.74, 6) is -0.192. The van der Waals surface area contributed by atoms with Gasteiger partial charge in [-0.05, 0) is 61.9 Å². The molecule has 4 aromatic rings. The van der Waals surface area contributed by atoms with E-state index in [0.717, 1.165) is 27.9 Å². The van der Waals surface area contributed by atoms with Gasteiger partial charge in [0.2, 0.25) is 5.91 Å². The Bertz CT molecular complexity index is 1610. The number of aryl methyl sites for hydroxylation is 1. The number of hydrogen-bond acceptors (Lipinski definition) is 11. The Kier molecular flexibility index (Phi) is 12.3. The topological polar surface area (TPSA) is 203 Å². The second-order valence-electron chi connectivity index (χ2n) is 11.8. The lowest BCUT2D eigenvalue weighted by Crippen LogP contribution is -2.52. The van der Waals surface area contributed by atoms with Gasteiger partial charge in [-0.25, -0.2) is 5.48 Å². The fourth-order valence-electron chi connectivity index (χ4n) is 5.29. The lowest BCUT2D eigenvalue weighted by Gasteiger charge is -2.30. The molecule has 0 radical (unpaired) electrons. The summed E-state index contributed by atoms with van der Waals surface area (Å²) < 4.78 is 6.03. The summed E-state index contributed by atoms with van der Waals surface area (Å²) in [6.45, 7) is 2.88. The van der Waals surface area contributed by atoms with Crippen molar-refractivity contribution >= 4 is 22.7 Å². The van der Waals surface area contributed by atoms with Crippen LogP contribution < -0.4 is 21.3 Å². The highest BCUT2D eigenvalue weighted by Crippen LogP contribution is 2.27. The van der Waals surface area contributed by atoms with Gasteiger partial charge in [0, 0.05) is 48.0 Å². The lowest BCUT2D eigenvalue weighted by molar-refractivity contribution is -0.130. The van der Waals surface area contributed by atoms with Gasteiger partial charge >= 0.3 is 0 Å². The fourth-order valence-corrected chi connectivity index (χ4v) is 5.29. The second-order valence-corrected chi connectivity index (χ2v) is 11.8. The Morgan fingerprint density at radius 2 is 1.72 bits per heavy atom. The number of amides is 2. The van der Waals surface area contributed by atoms with Gasteiger partial charge in [-0.2, -0.15) is 0 Å². The van der Waals surface area contributed by atoms with Gasteiger partial charge in [-0.15, -0.1) is 0 Å². The maximum atomic E-state index is 13.2. The van der Waals surface area contributed by atoms with Crippen LogP contribution in [0.3, 0.4) is 0 Å². The third-order valence-corrected chi connectivity index (χ3v) is 7.93. The minimum atomic E-state index is -1.21. The molecule has 0 spiro atoms. The predicted molar refractivity (Wildman–Crippen MR) is 174 cm³/mol. The molecule has 13 nitrogen and oxygen atoms in total. The summed E-state index contributed by atoms with van der Waals surface area (Å²) in [4.78, 5) is 36.5. The van der Waals surface area contributed by atoms with E-state index in [0.29, 0.717) is 44.0 Å². The van der Waals surface area contributed by atoms with Gasteiger partial charge in [0.05, 0.1) is 48.5 Å². The number of benzene rings is 2. The molecule has 0 bridgehead atoms. The van der Waals surface area contributed by atoms with E-state index in [1.54, 1.807) is 35.9 Å². The van der Waals surface area contributed by atoms with Crippen LogP contribution in [-0.2, 0) is 17.9 Å². The number of aliphatic hydroxyl groups excluding tert-OH is 3. The van der Waals surface area contributed by atoms with Gasteiger partial charge in [0.1, 0.15) is 12.4 Å². The summed E-state index contributed by atoms with van der Waals surface area (Å²) in [7, 11) is 0. The number of rotatable bonds is 12. The average Bonchev–Trinajstić information content (AvgIpc) is 3.48. The van der Waals surface area contributed by atoms with Crippen molar-refractivity contribution in [3.8, 4) is 5.75 Å². The van der Waals surface area contributed by atoms with Crippen LogP contribution in [0.15, 0.2) is 79.0 Å². The monoisotopic (exact) mass is 646 g/mol. The normalized spacial score (nSPS) is 16.3. The average molecular weight is 647 g/mol. The highest BCUT2D eigenvalue weighted by atomic mass is 16.5. The number of para-hydroxylation sites is 1. The summed E-state index contributed by atoms with van der Waals surface area (Å²) >= 11 is 0. The van der Waals surface area contributed by atoms with Crippen molar-refractivity contribution in [1.29, 1.82) is 0 Å². The van der Waals surface area contributed by atoms with Crippen LogP contribution in [0.2, 0.25) is 0 Å². The Balaban J connectivity index is 0.000000555. The predicted octanol–water partition coefficient (Wildman–Crippen LogP) is 1.45. The Morgan fingerprint density at radius 3 is 2.36 bits per heavy atom. The number of aromatic nitrogens is 2. The molecule has 1 aliphatic rings. The van der Waals surface area contributed by atoms with Crippen molar-refractivity contribution < 1.29 is 34.9 Å². The third kappa shape index (κ3) is 9.75. The maximum Gasteiger partial charge on any atom is 0.251 e. The van der Waals surface area contributed by atoms with Crippen molar-refractivity contribution in [3.05, 3.63) is 102 Å². The van der Waals surface area contributed by atoms with Crippen molar-refractivity contribution in [2.75, 3.05) is 32.9 Å². The first-order valence-electron chi connectivity index (χ1n) is 15.2. The van der Waals surface area contributed by atoms with Gasteiger partial charge in [0.15, 0.2) is 0 Å². The van der Waals surface area contributed by atoms with E-state index < -0.39 is 36.8 Å². The van der Waals surface area contributed by atoms with Crippen LogP contribution in [0.25, 0.3) is 10.9 Å². The number of hydroxylamine groups is 1. The molecule has 5 rings (SSSR count). The smallest absolute Gasteiger partial charge is 0.251 e. The number of nitrogens with one attached hydrogen (secondary N) is 2. The zero-order chi connectivity index (χ0) is 33.9. The molecule has 1 aliphatic heterocycles. The zero-order valence-electron chi connectivity index (χ0n) is 26.3. The fraction of sp³-hybridized carbons (Fsp3) is 0.353. The number of carbonyl (C=O) groups is 2. The molecule has 1 saturated heterocycles. The molecular weight excluding hydrogens is 604 g/mol. The number of nitrogens with two attached hydrogens (primary N) is 1. The molecule has 13 heteroatoms. The van der Waals surface area contributed by atoms with E-state index >= 15 is 0 Å². The number of aliphatic hydroxyl groups is 3. The molecule has 2 aromatic carbocycles. The van der Waals surface area contributed by atoms with Crippen LogP contribution in [0.4, 0.5) is 0 Å². The molecule has 250 valence electrons. The minimum absolute atomic E-state index is 0.0333. The molecule has 8 N–H and O–H groups in total. The molecule has 1 atom stereocenters. The van der Waals surface area contributed by atoms with Crippen LogP contribution in [0.5, 0.6) is 5.75 Å². The van der Waals surface area contributed by atoms with E-state index in [2.05, 4.69) is 20.2 Å². The number of pyridine rings is 2. The van der Waals surface area contributed by atoms with Gasteiger partial charge in [0.25, 0.3) is 5.91 Å². The summed E-state index contributed by atoms with van der Waals surface area (Å²) in [5.41, 5.74) is 9.09. The molecule has 3 heterocycles. The van der Waals surface area contributed by atoms with E-state index in [1.165, 1.54) is 0 Å². The third-order valence-electron chi connectivity index (χ3n) is 7.93. The number of nitrogens with zero attached hydrogens (tertiary/aromatic N) is 3. The largest absolute Gasteiger partial charge is 0.489 e. The van der Waals surface area contributed by atoms with Gasteiger partial charge < -0.3 is 31.1 Å². The van der Waals surface area contributed by atoms with Crippen LogP contribution >= 0.6 is 0 Å². The second kappa shape index (κ2) is 16.4. The zero-order valence-corrected chi connectivity index (χ0v) is 26.3. The van der Waals surface area contributed by atoms with Gasteiger partial charge in [-0.1, -0.05) is 24.3 Å². The Labute approximate surface area is 273 Å². The molecule has 2 amide bonds. The molecule has 1 unspecified atom stereocenters. The molecular formula is C34H42N6O7. The highest BCUT2D eigenvalue weighted by Gasteiger charge is 2.41. The van der Waals surface area contributed by atoms with Crippen LogP contribution in [-0.4, -0.2) is 91.2 Å². The summed E-state index contributed by atoms with van der Waals surface area (Å²) in [5, 5.41) is 38.3. The van der Waals surface area contributed by atoms with Gasteiger partial charge in [-0.3, -0.25) is 29.7 Å². The summed E-state index contributed by atoms with van der Waals surface area (Å²) in [6, 6.07) is 22.7. The first kappa shape index (κ1) is 35.4. The quantitative estimate of drug-likeness (QED) is 0.0867. The number of ether oxygens (including phenoxy) is 1.